The van der Waals surface area contributed by atoms with Crippen LogP contribution in [-0.2, 0) is 9.53 Å². The zero-order valence-electron chi connectivity index (χ0n) is 8.69. The molecule has 0 radical (unpaired) electrons. The lowest BCUT2D eigenvalue weighted by atomic mass is 10.4. The van der Waals surface area contributed by atoms with Crippen molar-refractivity contribution in [3.05, 3.63) is 22.7 Å². The molecule has 0 aliphatic carbocycles. The van der Waals surface area contributed by atoms with Crippen molar-refractivity contribution in [2.45, 2.75) is 20.8 Å². The molecule has 0 bridgehead atoms. The number of aromatic nitrogens is 1. The van der Waals surface area contributed by atoms with Crippen LogP contribution in [-0.4, -0.2) is 17.6 Å². The third kappa shape index (κ3) is 5.48. The predicted molar refractivity (Wildman–Crippen MR) is 59.1 cm³/mol. The maximum Gasteiger partial charge on any atom is 0.330 e. The van der Waals surface area contributed by atoms with Gasteiger partial charge in [0, 0.05) is 17.2 Å². The van der Waals surface area contributed by atoms with Gasteiger partial charge in [-0.15, -0.1) is 11.3 Å². The van der Waals surface area contributed by atoms with E-state index in [1.165, 1.54) is 17.4 Å². The molecule has 0 aromatic carbocycles. The van der Waals surface area contributed by atoms with E-state index < -0.39 is 0 Å². The lowest BCUT2D eigenvalue weighted by molar-refractivity contribution is -0.137. The van der Waals surface area contributed by atoms with Crippen molar-refractivity contribution in [2.24, 2.45) is 0 Å². The average molecular weight is 213 g/mol. The van der Waals surface area contributed by atoms with Crippen molar-refractivity contribution in [1.82, 2.24) is 4.98 Å². The van der Waals surface area contributed by atoms with Crippen molar-refractivity contribution >= 4 is 23.4 Å². The molecule has 0 aliphatic heterocycles. The van der Waals surface area contributed by atoms with Gasteiger partial charge in [0.05, 0.1) is 12.1 Å². The van der Waals surface area contributed by atoms with Crippen LogP contribution in [0.4, 0.5) is 0 Å². The van der Waals surface area contributed by atoms with Crippen LogP contribution in [0.25, 0.3) is 6.08 Å². The fraction of sp³-hybridized carbons (Fsp3) is 0.400. The number of carbonyl (C=O) groups is 1. The molecule has 0 saturated carbocycles. The molecule has 1 heterocycles. The van der Waals surface area contributed by atoms with Crippen LogP contribution < -0.4 is 0 Å². The lowest BCUT2D eigenvalue weighted by Crippen LogP contribution is -1.98. The summed E-state index contributed by atoms with van der Waals surface area (Å²) >= 11 is 1.48. The SMILES string of the molecule is CC.CCOC(=O)/C=C/c1cncs1. The van der Waals surface area contributed by atoms with Gasteiger partial charge in [0.1, 0.15) is 0 Å². The zero-order valence-corrected chi connectivity index (χ0v) is 9.50. The number of nitrogens with zero attached hydrogens (tertiary/aromatic N) is 1. The number of hydrogen-bond donors (Lipinski definition) is 0. The standard InChI is InChI=1S/C8H9NO2S.C2H6/c1-2-11-8(10)4-3-7-5-9-6-12-7;1-2/h3-6H,2H2,1H3;1-2H3/b4-3+;. The van der Waals surface area contributed by atoms with Gasteiger partial charge in [-0.2, -0.15) is 0 Å². The largest absolute Gasteiger partial charge is 0.463 e. The van der Waals surface area contributed by atoms with Crippen LogP contribution in [0.5, 0.6) is 0 Å². The Hall–Kier alpha value is -1.16. The van der Waals surface area contributed by atoms with E-state index in [9.17, 15) is 4.79 Å². The van der Waals surface area contributed by atoms with Gasteiger partial charge in [0.15, 0.2) is 0 Å². The molecule has 1 rings (SSSR count). The van der Waals surface area contributed by atoms with Crippen LogP contribution in [0.15, 0.2) is 17.8 Å². The Morgan fingerprint density at radius 1 is 1.64 bits per heavy atom. The molecule has 0 amide bonds. The first kappa shape index (κ1) is 12.8. The van der Waals surface area contributed by atoms with E-state index in [1.54, 1.807) is 24.7 Å². The summed E-state index contributed by atoms with van der Waals surface area (Å²) in [5.41, 5.74) is 1.71. The molecule has 0 unspecified atom stereocenters. The summed E-state index contributed by atoms with van der Waals surface area (Å²) in [4.78, 5) is 15.6. The van der Waals surface area contributed by atoms with E-state index in [4.69, 9.17) is 4.74 Å². The number of thiazole rings is 1. The Kier molecular flexibility index (Phi) is 7.74. The summed E-state index contributed by atoms with van der Waals surface area (Å²) in [6.07, 6.45) is 4.78. The minimum atomic E-state index is -0.314. The number of rotatable bonds is 3. The van der Waals surface area contributed by atoms with Gasteiger partial charge in [-0.3, -0.25) is 4.98 Å². The molecule has 0 atom stereocenters. The normalized spacial score (nSPS) is 9.36. The van der Waals surface area contributed by atoms with E-state index in [0.717, 1.165) is 4.88 Å². The van der Waals surface area contributed by atoms with Crippen molar-refractivity contribution in [3.8, 4) is 0 Å². The first-order valence-corrected chi connectivity index (χ1v) is 5.44. The molecule has 1 aromatic rings. The minimum Gasteiger partial charge on any atom is -0.463 e. The quantitative estimate of drug-likeness (QED) is 0.572. The Balaban J connectivity index is 0.000000791. The highest BCUT2D eigenvalue weighted by molar-refractivity contribution is 7.10. The molecule has 0 fully saturated rings. The second-order valence-electron chi connectivity index (χ2n) is 1.99. The number of ether oxygens (including phenoxy) is 1. The summed E-state index contributed by atoms with van der Waals surface area (Å²) in [5.74, 6) is -0.314. The molecule has 1 aromatic heterocycles. The molecule has 14 heavy (non-hydrogen) atoms. The van der Waals surface area contributed by atoms with E-state index in [1.807, 2.05) is 13.8 Å². The maximum absolute atomic E-state index is 10.8. The van der Waals surface area contributed by atoms with Gasteiger partial charge in [0.2, 0.25) is 0 Å². The number of esters is 1. The molecular weight excluding hydrogens is 198 g/mol. The fourth-order valence-corrected chi connectivity index (χ4v) is 1.16. The third-order valence-corrected chi connectivity index (χ3v) is 1.86. The Bertz CT molecular complexity index is 268. The molecule has 0 spiro atoms. The van der Waals surface area contributed by atoms with Gasteiger partial charge >= 0.3 is 5.97 Å². The van der Waals surface area contributed by atoms with Gasteiger partial charge in [0.25, 0.3) is 0 Å². The Labute approximate surface area is 88.4 Å². The zero-order chi connectivity index (χ0) is 10.8. The van der Waals surface area contributed by atoms with Crippen LogP contribution in [0, 0.1) is 0 Å². The van der Waals surface area contributed by atoms with Gasteiger partial charge in [-0.25, -0.2) is 4.79 Å². The van der Waals surface area contributed by atoms with Crippen LogP contribution in [0.3, 0.4) is 0 Å². The highest BCUT2D eigenvalue weighted by Gasteiger charge is 1.93. The van der Waals surface area contributed by atoms with E-state index in [-0.39, 0.29) is 5.97 Å². The molecular formula is C10H15NO2S. The molecule has 0 aliphatic rings. The Morgan fingerprint density at radius 3 is 2.86 bits per heavy atom. The second kappa shape index (κ2) is 8.44. The molecule has 3 nitrogen and oxygen atoms in total. The molecule has 4 heteroatoms. The van der Waals surface area contributed by atoms with Crippen LogP contribution in [0.2, 0.25) is 0 Å². The summed E-state index contributed by atoms with van der Waals surface area (Å²) in [6.45, 7) is 6.18. The highest BCUT2D eigenvalue weighted by atomic mass is 32.1. The van der Waals surface area contributed by atoms with Crippen molar-refractivity contribution < 1.29 is 9.53 Å². The van der Waals surface area contributed by atoms with E-state index >= 15 is 0 Å². The van der Waals surface area contributed by atoms with Gasteiger partial charge in [-0.1, -0.05) is 13.8 Å². The highest BCUT2D eigenvalue weighted by Crippen LogP contribution is 2.07. The van der Waals surface area contributed by atoms with Gasteiger partial charge in [-0.05, 0) is 13.0 Å². The Morgan fingerprint density at radius 2 is 2.36 bits per heavy atom. The minimum absolute atomic E-state index is 0.314. The van der Waals surface area contributed by atoms with Gasteiger partial charge < -0.3 is 4.74 Å². The average Bonchev–Trinajstić information content (AvgIpc) is 2.71. The van der Waals surface area contributed by atoms with Crippen molar-refractivity contribution in [3.63, 3.8) is 0 Å². The van der Waals surface area contributed by atoms with Crippen LogP contribution in [0.1, 0.15) is 25.6 Å². The monoisotopic (exact) mass is 213 g/mol. The molecule has 0 saturated heterocycles. The maximum atomic E-state index is 10.8. The third-order valence-electron chi connectivity index (χ3n) is 1.12. The summed E-state index contributed by atoms with van der Waals surface area (Å²) in [5, 5.41) is 0. The second-order valence-corrected chi connectivity index (χ2v) is 2.91. The fourth-order valence-electron chi connectivity index (χ4n) is 0.648. The summed E-state index contributed by atoms with van der Waals surface area (Å²) < 4.78 is 4.70. The smallest absolute Gasteiger partial charge is 0.330 e. The first-order chi connectivity index (χ1) is 6.83. The molecule has 0 N–H and O–H groups in total. The molecule has 78 valence electrons. The lowest BCUT2D eigenvalue weighted by Gasteiger charge is -1.92. The van der Waals surface area contributed by atoms with E-state index in [0.29, 0.717) is 6.61 Å². The van der Waals surface area contributed by atoms with Crippen molar-refractivity contribution in [1.29, 1.82) is 0 Å². The van der Waals surface area contributed by atoms with Crippen molar-refractivity contribution in [2.75, 3.05) is 6.61 Å². The topological polar surface area (TPSA) is 39.2 Å². The van der Waals surface area contributed by atoms with E-state index in [2.05, 4.69) is 4.98 Å². The first-order valence-electron chi connectivity index (χ1n) is 4.56. The number of hydrogen-bond acceptors (Lipinski definition) is 4. The summed E-state index contributed by atoms with van der Waals surface area (Å²) in [7, 11) is 0. The van der Waals surface area contributed by atoms with Crippen LogP contribution >= 0.6 is 11.3 Å². The summed E-state index contributed by atoms with van der Waals surface area (Å²) in [6, 6.07) is 0. The number of carbonyl (C=O) groups excluding carboxylic acids is 1. The predicted octanol–water partition coefficient (Wildman–Crippen LogP) is 2.75.